The largest absolute Gasteiger partial charge is 0.462 e. The molecule has 0 saturated carbocycles. The summed E-state index contributed by atoms with van der Waals surface area (Å²) in [6, 6.07) is 0. The summed E-state index contributed by atoms with van der Waals surface area (Å²) in [6.45, 7) is 6.56. The van der Waals surface area contributed by atoms with Crippen molar-refractivity contribution in [3.8, 4) is 0 Å². The molecule has 0 N–H and O–H groups in total. The van der Waals surface area contributed by atoms with Crippen LogP contribution in [0.5, 0.6) is 0 Å². The highest BCUT2D eigenvalue weighted by molar-refractivity contribution is 5.71. The van der Waals surface area contributed by atoms with Gasteiger partial charge in [-0.2, -0.15) is 0 Å². The van der Waals surface area contributed by atoms with Crippen LogP contribution in [0.3, 0.4) is 0 Å². The summed E-state index contributed by atoms with van der Waals surface area (Å²) in [5.41, 5.74) is 0. The Bertz CT molecular complexity index is 1220. The summed E-state index contributed by atoms with van der Waals surface area (Å²) in [5.74, 6) is -0.883. The maximum Gasteiger partial charge on any atom is 0.306 e. The van der Waals surface area contributed by atoms with Gasteiger partial charge in [0.2, 0.25) is 0 Å². The summed E-state index contributed by atoms with van der Waals surface area (Å²) in [6.07, 6.45) is 76.0. The van der Waals surface area contributed by atoms with Gasteiger partial charge in [-0.25, -0.2) is 0 Å². The maximum atomic E-state index is 12.9. The molecule has 0 aliphatic carbocycles. The zero-order chi connectivity index (χ0) is 52.9. The lowest BCUT2D eigenvalue weighted by Crippen LogP contribution is -2.30. The first kappa shape index (κ1) is 70.6. The molecular weight excluding hydrogens is 901 g/mol. The fourth-order valence-corrected chi connectivity index (χ4v) is 9.81. The first-order chi connectivity index (χ1) is 36.0. The molecule has 0 aromatic carbocycles. The average Bonchev–Trinajstić information content (AvgIpc) is 3.39. The van der Waals surface area contributed by atoms with E-state index < -0.39 is 6.10 Å². The van der Waals surface area contributed by atoms with Gasteiger partial charge in [-0.05, 0) is 51.4 Å². The van der Waals surface area contributed by atoms with Gasteiger partial charge in [0.15, 0.2) is 6.10 Å². The average molecular weight is 1030 g/mol. The SMILES string of the molecule is CC/C=C\C/C=C\C/C=C\CCCCCC(=O)OCC(COC(=O)CCCCCCCCCCCCCCCCCCCCCCCCCCCCC)OC(=O)CCCCCCCCCCCCCCCCC. The van der Waals surface area contributed by atoms with E-state index in [4.69, 9.17) is 14.2 Å². The topological polar surface area (TPSA) is 78.9 Å². The number of esters is 3. The molecule has 0 aliphatic rings. The van der Waals surface area contributed by atoms with E-state index in [1.807, 2.05) is 0 Å². The van der Waals surface area contributed by atoms with Crippen LogP contribution < -0.4 is 0 Å². The number of hydrogen-bond donors (Lipinski definition) is 0. The Morgan fingerprint density at radius 3 is 0.836 bits per heavy atom. The number of rotatable bonds is 60. The minimum absolute atomic E-state index is 0.0762. The molecule has 73 heavy (non-hydrogen) atoms. The Balaban J connectivity index is 4.18. The van der Waals surface area contributed by atoms with Crippen LogP contribution in [0.25, 0.3) is 0 Å². The smallest absolute Gasteiger partial charge is 0.306 e. The van der Waals surface area contributed by atoms with Gasteiger partial charge in [-0.15, -0.1) is 0 Å². The zero-order valence-corrected chi connectivity index (χ0v) is 49.2. The molecule has 0 aromatic rings. The lowest BCUT2D eigenvalue weighted by molar-refractivity contribution is -0.167. The molecule has 6 heteroatoms. The first-order valence-electron chi connectivity index (χ1n) is 32.5. The monoisotopic (exact) mass is 1020 g/mol. The molecule has 6 nitrogen and oxygen atoms in total. The van der Waals surface area contributed by atoms with Crippen molar-refractivity contribution in [2.24, 2.45) is 0 Å². The number of ether oxygens (including phenoxy) is 3. The molecule has 0 spiro atoms. The van der Waals surface area contributed by atoms with Crippen LogP contribution in [-0.4, -0.2) is 37.2 Å². The minimum atomic E-state index is -0.780. The van der Waals surface area contributed by atoms with E-state index >= 15 is 0 Å². The molecule has 0 rings (SSSR count). The number of hydrogen-bond acceptors (Lipinski definition) is 6. The fourth-order valence-electron chi connectivity index (χ4n) is 9.81. The third-order valence-corrected chi connectivity index (χ3v) is 14.7. The second kappa shape index (κ2) is 62.2. The third-order valence-electron chi connectivity index (χ3n) is 14.7. The van der Waals surface area contributed by atoms with Crippen molar-refractivity contribution >= 4 is 17.9 Å². The van der Waals surface area contributed by atoms with Crippen LogP contribution in [0.15, 0.2) is 36.5 Å². The Morgan fingerprint density at radius 2 is 0.534 bits per heavy atom. The van der Waals surface area contributed by atoms with Crippen molar-refractivity contribution < 1.29 is 28.6 Å². The van der Waals surface area contributed by atoms with Crippen molar-refractivity contribution in [1.29, 1.82) is 0 Å². The van der Waals surface area contributed by atoms with Crippen LogP contribution in [0.4, 0.5) is 0 Å². The lowest BCUT2D eigenvalue weighted by Gasteiger charge is -2.18. The highest BCUT2D eigenvalue weighted by Crippen LogP contribution is 2.18. The Labute approximate surface area is 455 Å². The lowest BCUT2D eigenvalue weighted by atomic mass is 10.0. The molecule has 0 radical (unpaired) electrons. The molecule has 0 aliphatic heterocycles. The molecule has 0 heterocycles. The summed E-state index contributed by atoms with van der Waals surface area (Å²) in [5, 5.41) is 0. The fraction of sp³-hybridized carbons (Fsp3) is 0.866. The van der Waals surface area contributed by atoms with E-state index in [1.54, 1.807) is 0 Å². The second-order valence-electron chi connectivity index (χ2n) is 22.0. The van der Waals surface area contributed by atoms with Crippen molar-refractivity contribution in [3.63, 3.8) is 0 Å². The highest BCUT2D eigenvalue weighted by atomic mass is 16.6. The van der Waals surface area contributed by atoms with E-state index in [0.717, 1.165) is 83.5 Å². The number of carbonyl (C=O) groups is 3. The molecular formula is C67H124O6. The van der Waals surface area contributed by atoms with Gasteiger partial charge in [0.05, 0.1) is 0 Å². The van der Waals surface area contributed by atoms with Gasteiger partial charge in [0, 0.05) is 19.3 Å². The second-order valence-corrected chi connectivity index (χ2v) is 22.0. The van der Waals surface area contributed by atoms with E-state index in [2.05, 4.69) is 57.2 Å². The van der Waals surface area contributed by atoms with Gasteiger partial charge in [-0.1, -0.05) is 320 Å². The quantitative estimate of drug-likeness (QED) is 0.0261. The predicted octanol–water partition coefficient (Wildman–Crippen LogP) is 22.0. The molecule has 1 unspecified atom stereocenters. The van der Waals surface area contributed by atoms with E-state index in [1.165, 1.54) is 231 Å². The van der Waals surface area contributed by atoms with Crippen molar-refractivity contribution in [2.75, 3.05) is 13.2 Å². The van der Waals surface area contributed by atoms with Crippen molar-refractivity contribution in [1.82, 2.24) is 0 Å². The van der Waals surface area contributed by atoms with Crippen LogP contribution in [-0.2, 0) is 28.6 Å². The number of carbonyl (C=O) groups excluding carboxylic acids is 3. The highest BCUT2D eigenvalue weighted by Gasteiger charge is 2.19. The minimum Gasteiger partial charge on any atom is -0.462 e. The van der Waals surface area contributed by atoms with E-state index in [9.17, 15) is 14.4 Å². The molecule has 428 valence electrons. The molecule has 0 amide bonds. The normalized spacial score (nSPS) is 12.2. The molecule has 0 aromatic heterocycles. The molecule has 0 fully saturated rings. The summed E-state index contributed by atoms with van der Waals surface area (Å²) in [7, 11) is 0. The van der Waals surface area contributed by atoms with Crippen LogP contribution in [0, 0.1) is 0 Å². The molecule has 0 bridgehead atoms. The van der Waals surface area contributed by atoms with E-state index in [0.29, 0.717) is 19.3 Å². The van der Waals surface area contributed by atoms with Crippen LogP contribution in [0.2, 0.25) is 0 Å². The Hall–Kier alpha value is -2.37. The summed E-state index contributed by atoms with van der Waals surface area (Å²) < 4.78 is 16.9. The maximum absolute atomic E-state index is 12.9. The summed E-state index contributed by atoms with van der Waals surface area (Å²) in [4.78, 5) is 38.2. The number of allylic oxidation sites excluding steroid dienone is 6. The third kappa shape index (κ3) is 60.4. The van der Waals surface area contributed by atoms with Gasteiger partial charge in [0.1, 0.15) is 13.2 Å². The van der Waals surface area contributed by atoms with Crippen LogP contribution in [0.1, 0.15) is 355 Å². The zero-order valence-electron chi connectivity index (χ0n) is 49.2. The van der Waals surface area contributed by atoms with Gasteiger partial charge < -0.3 is 14.2 Å². The van der Waals surface area contributed by atoms with Gasteiger partial charge in [-0.3, -0.25) is 14.4 Å². The van der Waals surface area contributed by atoms with Gasteiger partial charge >= 0.3 is 17.9 Å². The Morgan fingerprint density at radius 1 is 0.288 bits per heavy atom. The van der Waals surface area contributed by atoms with Crippen LogP contribution >= 0.6 is 0 Å². The van der Waals surface area contributed by atoms with E-state index in [-0.39, 0.29) is 31.1 Å². The standard InChI is InChI=1S/C67H124O6/c1-4-7-10-13-16-19-22-25-27-28-29-30-31-32-33-34-35-36-37-38-40-42-45-48-51-54-57-60-66(69)72-63-64(62-71-65(68)59-56-53-50-47-44-41-24-21-18-15-12-9-6-3)73-67(70)61-58-55-52-49-46-43-39-26-23-20-17-14-11-8-5-2/h9,12,18,21,41,44,64H,4-8,10-11,13-17,19-20,22-40,42-43,45-63H2,1-3H3/b12-9-,21-18-,44-41-. The summed E-state index contributed by atoms with van der Waals surface area (Å²) >= 11 is 0. The van der Waals surface area contributed by atoms with Crippen molar-refractivity contribution in [3.05, 3.63) is 36.5 Å². The van der Waals surface area contributed by atoms with Crippen molar-refractivity contribution in [2.45, 2.75) is 361 Å². The number of unbranched alkanes of at least 4 members (excludes halogenated alkanes) is 43. The first-order valence-corrected chi connectivity index (χ1v) is 32.5. The molecule has 1 atom stereocenters. The predicted molar refractivity (Wildman–Crippen MR) is 316 cm³/mol. The van der Waals surface area contributed by atoms with Gasteiger partial charge in [0.25, 0.3) is 0 Å². The molecule has 0 saturated heterocycles. The Kier molecular flexibility index (Phi) is 60.2.